The molecule has 8 heteroatoms. The molecule has 0 radical (unpaired) electrons. The molecule has 1 amide bonds. The number of halogens is 1. The van der Waals surface area contributed by atoms with Crippen LogP contribution in [0.25, 0.3) is 6.08 Å². The maximum atomic E-state index is 13.6. The van der Waals surface area contributed by atoms with E-state index in [-0.39, 0.29) is 11.9 Å². The van der Waals surface area contributed by atoms with E-state index in [1.54, 1.807) is 6.20 Å². The second-order valence-electron chi connectivity index (χ2n) is 9.21. The number of amidine groups is 1. The fourth-order valence-electron chi connectivity index (χ4n) is 4.64. The number of ether oxygens (including phenoxy) is 2. The molecule has 38 heavy (non-hydrogen) atoms. The third-order valence-electron chi connectivity index (χ3n) is 6.51. The van der Waals surface area contributed by atoms with E-state index in [2.05, 4.69) is 4.98 Å². The summed E-state index contributed by atoms with van der Waals surface area (Å²) < 4.78 is 11.9. The normalized spacial score (nSPS) is 18.4. The van der Waals surface area contributed by atoms with E-state index in [4.69, 9.17) is 26.1 Å². The Morgan fingerprint density at radius 2 is 1.87 bits per heavy atom. The lowest BCUT2D eigenvalue weighted by molar-refractivity contribution is -0.124. The van der Waals surface area contributed by atoms with Gasteiger partial charge >= 0.3 is 0 Å². The first-order valence-corrected chi connectivity index (χ1v) is 14.2. The highest BCUT2D eigenvalue weighted by Gasteiger charge is 2.38. The largest absolute Gasteiger partial charge is 0.490 e. The SMILES string of the molecule is CCOc1cc(/C=C2\S/C(=N/c3ccccn3)N(C3CCCCC3)C2=O)ccc1OCc1ccc(Cl)cc1. The molecule has 2 aromatic carbocycles. The van der Waals surface area contributed by atoms with Crippen LogP contribution in [0.15, 0.2) is 76.8 Å². The van der Waals surface area contributed by atoms with E-state index in [9.17, 15) is 4.79 Å². The Labute approximate surface area is 232 Å². The molecule has 2 fully saturated rings. The van der Waals surface area contributed by atoms with Crippen LogP contribution in [-0.2, 0) is 11.4 Å². The predicted molar refractivity (Wildman–Crippen MR) is 154 cm³/mol. The van der Waals surface area contributed by atoms with Gasteiger partial charge in [-0.25, -0.2) is 9.98 Å². The number of aliphatic imine (C=N–C) groups is 1. The van der Waals surface area contributed by atoms with Crippen LogP contribution < -0.4 is 9.47 Å². The van der Waals surface area contributed by atoms with Crippen LogP contribution in [0.1, 0.15) is 50.2 Å². The van der Waals surface area contributed by atoms with E-state index >= 15 is 0 Å². The van der Waals surface area contributed by atoms with Crippen LogP contribution in [0.4, 0.5) is 5.82 Å². The Hall–Kier alpha value is -3.29. The van der Waals surface area contributed by atoms with Gasteiger partial charge < -0.3 is 9.47 Å². The van der Waals surface area contributed by atoms with Crippen LogP contribution >= 0.6 is 23.4 Å². The summed E-state index contributed by atoms with van der Waals surface area (Å²) in [6, 6.07) is 19.1. The molecular formula is C30H30ClN3O3S. The molecule has 2 aliphatic rings. The molecule has 1 aromatic heterocycles. The van der Waals surface area contributed by atoms with Crippen LogP contribution in [0.2, 0.25) is 5.02 Å². The standard InChI is InChI=1S/C30H30ClN3O3S/c1-2-36-26-18-22(13-16-25(26)37-20-21-11-14-23(31)15-12-21)19-27-29(35)34(24-8-4-3-5-9-24)30(38-27)33-28-10-6-7-17-32-28/h6-7,10-19,24H,2-5,8-9,20H2,1H3/b27-19-,33-30+. The summed E-state index contributed by atoms with van der Waals surface area (Å²) in [5, 5.41) is 1.38. The van der Waals surface area contributed by atoms with Crippen molar-refractivity contribution in [3.63, 3.8) is 0 Å². The Kier molecular flexibility index (Phi) is 8.66. The van der Waals surface area contributed by atoms with Crippen molar-refractivity contribution >= 4 is 46.3 Å². The third-order valence-corrected chi connectivity index (χ3v) is 7.74. The highest BCUT2D eigenvalue weighted by atomic mass is 35.5. The zero-order chi connectivity index (χ0) is 26.3. The van der Waals surface area contributed by atoms with E-state index in [1.165, 1.54) is 18.2 Å². The van der Waals surface area contributed by atoms with E-state index in [0.29, 0.717) is 45.6 Å². The topological polar surface area (TPSA) is 64.0 Å². The van der Waals surface area contributed by atoms with Crippen molar-refractivity contribution in [3.05, 3.63) is 87.9 Å². The number of hydrogen-bond acceptors (Lipinski definition) is 6. The molecule has 1 aliphatic carbocycles. The molecule has 1 aliphatic heterocycles. The number of amides is 1. The summed E-state index contributed by atoms with van der Waals surface area (Å²) in [6.07, 6.45) is 9.09. The van der Waals surface area contributed by atoms with Gasteiger partial charge in [0, 0.05) is 17.3 Å². The van der Waals surface area contributed by atoms with Gasteiger partial charge in [0.2, 0.25) is 0 Å². The number of carbonyl (C=O) groups is 1. The Morgan fingerprint density at radius 3 is 2.61 bits per heavy atom. The van der Waals surface area contributed by atoms with Crippen molar-refractivity contribution in [2.45, 2.75) is 51.7 Å². The van der Waals surface area contributed by atoms with Crippen molar-refractivity contribution in [2.24, 2.45) is 4.99 Å². The monoisotopic (exact) mass is 547 g/mol. The molecule has 1 saturated heterocycles. The smallest absolute Gasteiger partial charge is 0.267 e. The Morgan fingerprint density at radius 1 is 1.05 bits per heavy atom. The number of thioether (sulfide) groups is 1. The highest BCUT2D eigenvalue weighted by Crippen LogP contribution is 2.39. The Bertz CT molecular complexity index is 1320. The molecule has 0 N–H and O–H groups in total. The lowest BCUT2D eigenvalue weighted by Crippen LogP contribution is -2.40. The number of hydrogen-bond donors (Lipinski definition) is 0. The van der Waals surface area contributed by atoms with Gasteiger partial charge in [0.05, 0.1) is 11.5 Å². The number of rotatable bonds is 8. The van der Waals surface area contributed by atoms with Gasteiger partial charge in [-0.2, -0.15) is 0 Å². The number of nitrogens with zero attached hydrogens (tertiary/aromatic N) is 3. The molecule has 2 heterocycles. The molecule has 1 saturated carbocycles. The van der Waals surface area contributed by atoms with Gasteiger partial charge in [0.1, 0.15) is 6.61 Å². The minimum atomic E-state index is -0.00222. The Balaban J connectivity index is 1.40. The van der Waals surface area contributed by atoms with Crippen molar-refractivity contribution in [1.29, 1.82) is 0 Å². The average molecular weight is 548 g/mol. The first kappa shape index (κ1) is 26.3. The second kappa shape index (κ2) is 12.5. The molecule has 0 spiro atoms. The molecule has 5 rings (SSSR count). The van der Waals surface area contributed by atoms with Gasteiger partial charge in [0.25, 0.3) is 5.91 Å². The van der Waals surface area contributed by atoms with Gasteiger partial charge in [-0.05, 0) is 85.1 Å². The van der Waals surface area contributed by atoms with Gasteiger partial charge in [-0.1, -0.05) is 55.1 Å². The zero-order valence-electron chi connectivity index (χ0n) is 21.3. The van der Waals surface area contributed by atoms with Crippen molar-refractivity contribution < 1.29 is 14.3 Å². The lowest BCUT2D eigenvalue weighted by atomic mass is 9.94. The molecule has 0 unspecified atom stereocenters. The number of pyridine rings is 1. The van der Waals surface area contributed by atoms with Crippen molar-refractivity contribution in [3.8, 4) is 11.5 Å². The minimum Gasteiger partial charge on any atom is -0.490 e. The van der Waals surface area contributed by atoms with Gasteiger partial charge in [-0.3, -0.25) is 9.69 Å². The number of aromatic nitrogens is 1. The zero-order valence-corrected chi connectivity index (χ0v) is 22.9. The van der Waals surface area contributed by atoms with Crippen LogP contribution in [0, 0.1) is 0 Å². The van der Waals surface area contributed by atoms with Crippen LogP contribution in [0.3, 0.4) is 0 Å². The average Bonchev–Trinajstić information content (AvgIpc) is 3.24. The molecular weight excluding hydrogens is 518 g/mol. The summed E-state index contributed by atoms with van der Waals surface area (Å²) in [4.78, 5) is 25.3. The first-order valence-electron chi connectivity index (χ1n) is 13.0. The second-order valence-corrected chi connectivity index (χ2v) is 10.7. The molecule has 0 atom stereocenters. The summed E-state index contributed by atoms with van der Waals surface area (Å²) >= 11 is 7.40. The van der Waals surface area contributed by atoms with Crippen molar-refractivity contribution in [2.75, 3.05) is 6.61 Å². The van der Waals surface area contributed by atoms with Gasteiger partial charge in [0.15, 0.2) is 22.5 Å². The molecule has 6 nitrogen and oxygen atoms in total. The quantitative estimate of drug-likeness (QED) is 0.271. The third kappa shape index (κ3) is 6.40. The predicted octanol–water partition coefficient (Wildman–Crippen LogP) is 7.65. The minimum absolute atomic E-state index is 0.00222. The fraction of sp³-hybridized carbons (Fsp3) is 0.300. The number of carbonyl (C=O) groups excluding carboxylic acids is 1. The summed E-state index contributed by atoms with van der Waals surface area (Å²) in [6.45, 7) is 2.84. The van der Waals surface area contributed by atoms with Crippen LogP contribution in [-0.4, -0.2) is 33.6 Å². The fourth-order valence-corrected chi connectivity index (χ4v) is 5.81. The molecule has 0 bridgehead atoms. The van der Waals surface area contributed by atoms with Crippen LogP contribution in [0.5, 0.6) is 11.5 Å². The summed E-state index contributed by atoms with van der Waals surface area (Å²) in [7, 11) is 0. The molecule has 3 aromatic rings. The van der Waals surface area contributed by atoms with Crippen molar-refractivity contribution in [1.82, 2.24) is 9.88 Å². The van der Waals surface area contributed by atoms with E-state index in [1.807, 2.05) is 78.6 Å². The maximum absolute atomic E-state index is 13.6. The number of benzene rings is 2. The first-order chi connectivity index (χ1) is 18.6. The summed E-state index contributed by atoms with van der Waals surface area (Å²) in [5.74, 6) is 1.89. The van der Waals surface area contributed by atoms with E-state index in [0.717, 1.165) is 36.8 Å². The van der Waals surface area contributed by atoms with E-state index < -0.39 is 0 Å². The lowest BCUT2D eigenvalue weighted by Gasteiger charge is -2.30. The highest BCUT2D eigenvalue weighted by molar-refractivity contribution is 8.18. The maximum Gasteiger partial charge on any atom is 0.267 e. The van der Waals surface area contributed by atoms with Gasteiger partial charge in [-0.15, -0.1) is 0 Å². The summed E-state index contributed by atoms with van der Waals surface area (Å²) in [5.41, 5.74) is 1.88. The molecule has 196 valence electrons.